The van der Waals surface area contributed by atoms with E-state index in [-0.39, 0.29) is 12.2 Å². The van der Waals surface area contributed by atoms with Gasteiger partial charge in [0.25, 0.3) is 0 Å². The Hall–Kier alpha value is -0.150. The summed E-state index contributed by atoms with van der Waals surface area (Å²) >= 11 is 0. The van der Waals surface area contributed by atoms with Gasteiger partial charge in [0.05, 0.1) is 12.2 Å². The molecule has 0 aliphatic carbocycles. The van der Waals surface area contributed by atoms with E-state index < -0.39 is 6.17 Å². The zero-order chi connectivity index (χ0) is 8.27. The highest BCUT2D eigenvalue weighted by molar-refractivity contribution is 4.78. The van der Waals surface area contributed by atoms with E-state index in [1.807, 2.05) is 13.8 Å². The van der Waals surface area contributed by atoms with Gasteiger partial charge in [-0.05, 0) is 26.8 Å². The summed E-state index contributed by atoms with van der Waals surface area (Å²) in [6, 6.07) is 0. The minimum absolute atomic E-state index is 0.136. The first-order valence-electron chi connectivity index (χ1n) is 4.20. The number of hydrogen-bond acceptors (Lipinski definition) is 2. The van der Waals surface area contributed by atoms with Crippen molar-refractivity contribution in [3.63, 3.8) is 0 Å². The van der Waals surface area contributed by atoms with Crippen LogP contribution < -0.4 is 5.32 Å². The first-order valence-corrected chi connectivity index (χ1v) is 4.20. The van der Waals surface area contributed by atoms with Crippen LogP contribution in [0, 0.1) is 0 Å². The largest absolute Gasteiger partial charge is 0.372 e. The maximum Gasteiger partial charge on any atom is 0.139 e. The summed E-state index contributed by atoms with van der Waals surface area (Å²) in [5.74, 6) is 0. The van der Waals surface area contributed by atoms with Gasteiger partial charge in [0, 0.05) is 6.54 Å². The topological polar surface area (TPSA) is 21.3 Å². The summed E-state index contributed by atoms with van der Waals surface area (Å²) in [6.07, 6.45) is -0.0851. The van der Waals surface area contributed by atoms with Crippen LogP contribution in [0.3, 0.4) is 0 Å². The second kappa shape index (κ2) is 4.02. The molecule has 0 radical (unpaired) electrons. The molecule has 1 heterocycles. The third-order valence-electron chi connectivity index (χ3n) is 1.80. The molecule has 11 heavy (non-hydrogen) atoms. The van der Waals surface area contributed by atoms with Crippen molar-refractivity contribution in [3.8, 4) is 0 Å². The van der Waals surface area contributed by atoms with Crippen LogP contribution in [0.5, 0.6) is 0 Å². The molecule has 0 bridgehead atoms. The highest BCUT2D eigenvalue weighted by atomic mass is 19.1. The molecule has 0 amide bonds. The molecule has 2 nitrogen and oxygen atoms in total. The van der Waals surface area contributed by atoms with E-state index >= 15 is 0 Å². The van der Waals surface area contributed by atoms with Crippen LogP contribution in [0.1, 0.15) is 20.3 Å². The van der Waals surface area contributed by atoms with Crippen LogP contribution in [0.25, 0.3) is 0 Å². The van der Waals surface area contributed by atoms with Gasteiger partial charge in [0.2, 0.25) is 0 Å². The molecule has 0 saturated carbocycles. The molecule has 1 N–H and O–H groups in total. The van der Waals surface area contributed by atoms with Gasteiger partial charge in [0.1, 0.15) is 6.17 Å². The Labute approximate surface area is 67.1 Å². The molecule has 0 unspecified atom stereocenters. The van der Waals surface area contributed by atoms with Crippen LogP contribution in [0.4, 0.5) is 4.39 Å². The number of rotatable bonds is 2. The maximum atomic E-state index is 13.0. The first kappa shape index (κ1) is 8.94. The molecule has 1 rings (SSSR count). The molecule has 66 valence electrons. The summed E-state index contributed by atoms with van der Waals surface area (Å²) in [5.41, 5.74) is 0. The summed E-state index contributed by atoms with van der Waals surface area (Å²) in [7, 11) is 0. The third kappa shape index (κ3) is 2.75. The minimum atomic E-state index is -0.828. The second-order valence-electron chi connectivity index (χ2n) is 3.23. The van der Waals surface area contributed by atoms with E-state index in [9.17, 15) is 4.39 Å². The Morgan fingerprint density at radius 2 is 2.27 bits per heavy atom. The van der Waals surface area contributed by atoms with Crippen molar-refractivity contribution in [1.82, 2.24) is 5.32 Å². The molecule has 0 aromatic carbocycles. The quantitative estimate of drug-likeness (QED) is 0.655. The number of nitrogens with one attached hydrogen (secondary N) is 1. The lowest BCUT2D eigenvalue weighted by molar-refractivity contribution is -0.0495. The standard InChI is InChI=1S/C8H16FNO/c1-6(2)11-8-3-4-10-5-7(8)9/h6-8,10H,3-5H2,1-2H3/t7-,8-/m1/s1. The Kier molecular flexibility index (Phi) is 3.27. The number of alkyl halides is 1. The maximum absolute atomic E-state index is 13.0. The van der Waals surface area contributed by atoms with E-state index in [0.717, 1.165) is 13.0 Å². The van der Waals surface area contributed by atoms with E-state index in [1.165, 1.54) is 0 Å². The van der Waals surface area contributed by atoms with E-state index in [2.05, 4.69) is 5.32 Å². The van der Waals surface area contributed by atoms with Gasteiger partial charge in [-0.3, -0.25) is 0 Å². The van der Waals surface area contributed by atoms with Crippen LogP contribution in [0.15, 0.2) is 0 Å². The summed E-state index contributed by atoms with van der Waals surface area (Å²) in [4.78, 5) is 0. The zero-order valence-electron chi connectivity index (χ0n) is 7.14. The van der Waals surface area contributed by atoms with E-state index in [4.69, 9.17) is 4.74 Å². The number of ether oxygens (including phenoxy) is 1. The van der Waals surface area contributed by atoms with Crippen LogP contribution in [0.2, 0.25) is 0 Å². The van der Waals surface area contributed by atoms with Crippen molar-refractivity contribution in [2.45, 2.75) is 38.6 Å². The van der Waals surface area contributed by atoms with Gasteiger partial charge >= 0.3 is 0 Å². The Morgan fingerprint density at radius 3 is 2.82 bits per heavy atom. The van der Waals surface area contributed by atoms with Crippen molar-refractivity contribution in [2.24, 2.45) is 0 Å². The Balaban J connectivity index is 2.29. The van der Waals surface area contributed by atoms with E-state index in [1.54, 1.807) is 0 Å². The van der Waals surface area contributed by atoms with Gasteiger partial charge in [-0.2, -0.15) is 0 Å². The molecule has 0 aromatic rings. The van der Waals surface area contributed by atoms with Crippen molar-refractivity contribution in [1.29, 1.82) is 0 Å². The zero-order valence-corrected chi connectivity index (χ0v) is 7.14. The fraction of sp³-hybridized carbons (Fsp3) is 1.00. The van der Waals surface area contributed by atoms with Crippen molar-refractivity contribution >= 4 is 0 Å². The van der Waals surface area contributed by atoms with Crippen molar-refractivity contribution in [2.75, 3.05) is 13.1 Å². The monoisotopic (exact) mass is 161 g/mol. The number of halogens is 1. The average molecular weight is 161 g/mol. The summed E-state index contributed by atoms with van der Waals surface area (Å²) < 4.78 is 18.4. The number of hydrogen-bond donors (Lipinski definition) is 1. The molecule has 2 atom stereocenters. The third-order valence-corrected chi connectivity index (χ3v) is 1.80. The van der Waals surface area contributed by atoms with Gasteiger partial charge < -0.3 is 10.1 Å². The average Bonchev–Trinajstić information content (AvgIpc) is 1.93. The van der Waals surface area contributed by atoms with Gasteiger partial charge in [-0.15, -0.1) is 0 Å². The first-order chi connectivity index (χ1) is 5.20. The minimum Gasteiger partial charge on any atom is -0.372 e. The fourth-order valence-electron chi connectivity index (χ4n) is 1.30. The Morgan fingerprint density at radius 1 is 1.55 bits per heavy atom. The molecule has 1 fully saturated rings. The lowest BCUT2D eigenvalue weighted by Gasteiger charge is -2.28. The highest BCUT2D eigenvalue weighted by Crippen LogP contribution is 2.13. The summed E-state index contributed by atoms with van der Waals surface area (Å²) in [5, 5.41) is 2.98. The molecule has 0 spiro atoms. The molecule has 1 saturated heterocycles. The smallest absolute Gasteiger partial charge is 0.139 e. The molecule has 3 heteroatoms. The molecule has 1 aliphatic rings. The van der Waals surface area contributed by atoms with Crippen molar-refractivity contribution in [3.05, 3.63) is 0 Å². The van der Waals surface area contributed by atoms with Crippen LogP contribution in [-0.4, -0.2) is 31.5 Å². The predicted octanol–water partition coefficient (Wildman–Crippen LogP) is 1.11. The lowest BCUT2D eigenvalue weighted by Crippen LogP contribution is -2.43. The second-order valence-corrected chi connectivity index (χ2v) is 3.23. The molecule has 1 aliphatic heterocycles. The van der Waals surface area contributed by atoms with E-state index in [0.29, 0.717) is 6.54 Å². The van der Waals surface area contributed by atoms with Gasteiger partial charge in [-0.1, -0.05) is 0 Å². The fourth-order valence-corrected chi connectivity index (χ4v) is 1.30. The van der Waals surface area contributed by atoms with Gasteiger partial charge in [0.15, 0.2) is 0 Å². The molecule has 0 aromatic heterocycles. The van der Waals surface area contributed by atoms with Crippen molar-refractivity contribution < 1.29 is 9.13 Å². The highest BCUT2D eigenvalue weighted by Gasteiger charge is 2.25. The van der Waals surface area contributed by atoms with Crippen LogP contribution in [-0.2, 0) is 4.74 Å². The van der Waals surface area contributed by atoms with Crippen LogP contribution >= 0.6 is 0 Å². The Bertz CT molecular complexity index is 119. The number of piperidine rings is 1. The molecular weight excluding hydrogens is 145 g/mol. The summed E-state index contributed by atoms with van der Waals surface area (Å²) in [6.45, 7) is 5.19. The predicted molar refractivity (Wildman–Crippen MR) is 42.4 cm³/mol. The molecular formula is C8H16FNO. The SMILES string of the molecule is CC(C)O[C@@H]1CCNC[C@H]1F. The normalized spacial score (nSPS) is 32.7. The lowest BCUT2D eigenvalue weighted by atomic mass is 10.1. The van der Waals surface area contributed by atoms with Gasteiger partial charge in [-0.25, -0.2) is 4.39 Å².